The minimum atomic E-state index is -0.574. The van der Waals surface area contributed by atoms with Crippen molar-refractivity contribution in [1.82, 2.24) is 9.88 Å². The van der Waals surface area contributed by atoms with Crippen LogP contribution < -0.4 is 0 Å². The van der Waals surface area contributed by atoms with Crippen LogP contribution in [-0.2, 0) is 9.53 Å². The summed E-state index contributed by atoms with van der Waals surface area (Å²) in [5, 5.41) is 0. The third-order valence-electron chi connectivity index (χ3n) is 5.88. The van der Waals surface area contributed by atoms with E-state index in [1.54, 1.807) is 25.7 Å². The molecular formula is C22H34N2O4. The second kappa shape index (κ2) is 9.39. The Morgan fingerprint density at radius 3 is 2.25 bits per heavy atom. The summed E-state index contributed by atoms with van der Waals surface area (Å²) in [7, 11) is 1.31. The Morgan fingerprint density at radius 1 is 1.11 bits per heavy atom. The van der Waals surface area contributed by atoms with Crippen LogP contribution in [0.25, 0.3) is 0 Å². The maximum atomic E-state index is 13.4. The average Bonchev–Trinajstić information content (AvgIpc) is 2.98. The number of aryl methyl sites for hydroxylation is 1. The van der Waals surface area contributed by atoms with Crippen molar-refractivity contribution in [2.24, 2.45) is 11.8 Å². The number of amides is 1. The Morgan fingerprint density at radius 2 is 1.71 bits per heavy atom. The molecule has 1 N–H and O–H groups in total. The van der Waals surface area contributed by atoms with Gasteiger partial charge in [-0.15, -0.1) is 0 Å². The van der Waals surface area contributed by atoms with Crippen molar-refractivity contribution in [2.45, 2.75) is 72.8 Å². The van der Waals surface area contributed by atoms with Crippen molar-refractivity contribution < 1.29 is 19.1 Å². The van der Waals surface area contributed by atoms with Crippen molar-refractivity contribution in [1.29, 1.82) is 0 Å². The molecule has 0 unspecified atom stereocenters. The number of aromatic nitrogens is 1. The number of ether oxygens (including phenoxy) is 1. The number of ketones is 1. The molecule has 0 radical (unpaired) electrons. The van der Waals surface area contributed by atoms with Crippen molar-refractivity contribution in [3.63, 3.8) is 0 Å². The minimum absolute atomic E-state index is 0.00505. The molecule has 0 aromatic carbocycles. The normalized spacial score (nSPS) is 16.1. The van der Waals surface area contributed by atoms with E-state index in [0.717, 1.165) is 12.8 Å². The summed E-state index contributed by atoms with van der Waals surface area (Å²) in [6, 6.07) is -0.574. The molecule has 0 saturated heterocycles. The van der Waals surface area contributed by atoms with Crippen LogP contribution in [0.5, 0.6) is 0 Å². The van der Waals surface area contributed by atoms with Crippen LogP contribution in [0.1, 0.15) is 85.0 Å². The van der Waals surface area contributed by atoms with E-state index in [4.69, 9.17) is 4.74 Å². The predicted octanol–water partition coefficient (Wildman–Crippen LogP) is 4.05. The third kappa shape index (κ3) is 4.65. The van der Waals surface area contributed by atoms with Gasteiger partial charge in [0, 0.05) is 23.7 Å². The molecule has 28 heavy (non-hydrogen) atoms. The molecule has 1 aliphatic carbocycles. The van der Waals surface area contributed by atoms with Crippen LogP contribution >= 0.6 is 0 Å². The highest BCUT2D eigenvalue weighted by atomic mass is 16.5. The van der Waals surface area contributed by atoms with Gasteiger partial charge in [-0.2, -0.15) is 0 Å². The summed E-state index contributed by atoms with van der Waals surface area (Å²) < 4.78 is 4.80. The van der Waals surface area contributed by atoms with Gasteiger partial charge in [-0.3, -0.25) is 9.59 Å². The molecule has 156 valence electrons. The molecule has 1 aliphatic rings. The van der Waals surface area contributed by atoms with E-state index in [-0.39, 0.29) is 17.6 Å². The number of aromatic amines is 1. The number of nitrogens with zero attached hydrogens (tertiary/aromatic N) is 1. The first-order chi connectivity index (χ1) is 13.2. The Kier molecular flexibility index (Phi) is 7.44. The van der Waals surface area contributed by atoms with Crippen molar-refractivity contribution in [3.8, 4) is 0 Å². The molecule has 6 nitrogen and oxygen atoms in total. The first-order valence-corrected chi connectivity index (χ1v) is 10.3. The molecule has 1 aromatic rings. The zero-order chi connectivity index (χ0) is 21.0. The first kappa shape index (κ1) is 22.2. The quantitative estimate of drug-likeness (QED) is 0.562. The highest BCUT2D eigenvalue weighted by molar-refractivity contribution is 6.06. The molecule has 0 bridgehead atoms. The second-order valence-electron chi connectivity index (χ2n) is 8.31. The molecule has 1 heterocycles. The molecular weight excluding hydrogens is 356 g/mol. The van der Waals surface area contributed by atoms with E-state index >= 15 is 0 Å². The van der Waals surface area contributed by atoms with E-state index < -0.39 is 12.0 Å². The van der Waals surface area contributed by atoms with E-state index in [1.807, 2.05) is 13.8 Å². The maximum Gasteiger partial charge on any atom is 0.354 e. The van der Waals surface area contributed by atoms with E-state index in [2.05, 4.69) is 4.98 Å². The molecule has 0 aliphatic heterocycles. The zero-order valence-corrected chi connectivity index (χ0v) is 18.1. The van der Waals surface area contributed by atoms with Gasteiger partial charge in [-0.25, -0.2) is 4.79 Å². The molecule has 1 saturated carbocycles. The van der Waals surface area contributed by atoms with Crippen LogP contribution in [0, 0.1) is 25.7 Å². The van der Waals surface area contributed by atoms with E-state index in [0.29, 0.717) is 35.0 Å². The van der Waals surface area contributed by atoms with E-state index in [9.17, 15) is 14.4 Å². The Bertz CT molecular complexity index is 729. The topological polar surface area (TPSA) is 79.5 Å². The van der Waals surface area contributed by atoms with Crippen LogP contribution in [0.2, 0.25) is 0 Å². The fourth-order valence-electron chi connectivity index (χ4n) is 4.19. The van der Waals surface area contributed by atoms with Crippen molar-refractivity contribution >= 4 is 17.7 Å². The SMILES string of the molecule is COC(=O)c1[nH]c(C)c(C(=O)[C@H](C)N(CC2CCCCC2)C(=O)C(C)C)c1C. The smallest absolute Gasteiger partial charge is 0.354 e. The van der Waals surface area contributed by atoms with Gasteiger partial charge in [0.2, 0.25) is 5.91 Å². The second-order valence-corrected chi connectivity index (χ2v) is 8.31. The summed E-state index contributed by atoms with van der Waals surface area (Å²) >= 11 is 0. The van der Waals surface area contributed by atoms with E-state index in [1.165, 1.54) is 26.4 Å². The van der Waals surface area contributed by atoms with Crippen LogP contribution in [0.3, 0.4) is 0 Å². The number of hydrogen-bond acceptors (Lipinski definition) is 4. The number of rotatable bonds is 7. The number of nitrogens with one attached hydrogen (secondary N) is 1. The molecule has 2 rings (SSSR count). The Hall–Kier alpha value is -2.11. The molecule has 1 fully saturated rings. The van der Waals surface area contributed by atoms with Crippen LogP contribution in [-0.4, -0.2) is 47.2 Å². The van der Waals surface area contributed by atoms with Gasteiger partial charge in [0.15, 0.2) is 5.78 Å². The number of hydrogen-bond donors (Lipinski definition) is 1. The van der Waals surface area contributed by atoms with Gasteiger partial charge in [-0.05, 0) is 45.1 Å². The lowest BCUT2D eigenvalue weighted by atomic mass is 9.88. The highest BCUT2D eigenvalue weighted by Crippen LogP contribution is 2.27. The van der Waals surface area contributed by atoms with Gasteiger partial charge in [0.05, 0.1) is 13.2 Å². The largest absolute Gasteiger partial charge is 0.464 e. The van der Waals surface area contributed by atoms with Crippen molar-refractivity contribution in [2.75, 3.05) is 13.7 Å². The number of esters is 1. The summed E-state index contributed by atoms with van der Waals surface area (Å²) in [6.07, 6.45) is 5.85. The summed E-state index contributed by atoms with van der Waals surface area (Å²) in [4.78, 5) is 43.0. The highest BCUT2D eigenvalue weighted by Gasteiger charge is 2.33. The standard InChI is InChI=1S/C22H34N2O4/c1-13(2)21(26)24(12-17-10-8-7-9-11-17)16(5)20(25)18-14(3)19(22(27)28-6)23-15(18)4/h13,16-17,23H,7-12H2,1-6H3/t16-/m0/s1. The fourth-order valence-corrected chi connectivity index (χ4v) is 4.19. The lowest BCUT2D eigenvalue weighted by Crippen LogP contribution is -2.47. The lowest BCUT2D eigenvalue weighted by molar-refractivity contribution is -0.136. The monoisotopic (exact) mass is 390 g/mol. The van der Waals surface area contributed by atoms with Gasteiger partial charge in [-0.1, -0.05) is 33.1 Å². The predicted molar refractivity (Wildman–Crippen MR) is 109 cm³/mol. The van der Waals surface area contributed by atoms with Crippen LogP contribution in [0.15, 0.2) is 0 Å². The average molecular weight is 391 g/mol. The van der Waals surface area contributed by atoms with Gasteiger partial charge >= 0.3 is 5.97 Å². The number of carbonyl (C=O) groups is 3. The van der Waals surface area contributed by atoms with Gasteiger partial charge in [0.1, 0.15) is 5.69 Å². The zero-order valence-electron chi connectivity index (χ0n) is 18.1. The number of H-pyrrole nitrogens is 1. The Labute approximate surface area is 168 Å². The van der Waals surface area contributed by atoms with Crippen LogP contribution in [0.4, 0.5) is 0 Å². The molecule has 0 spiro atoms. The fraction of sp³-hybridized carbons (Fsp3) is 0.682. The van der Waals surface area contributed by atoms with Crippen molar-refractivity contribution in [3.05, 3.63) is 22.5 Å². The van der Waals surface area contributed by atoms with Gasteiger partial charge in [0.25, 0.3) is 0 Å². The number of carbonyl (C=O) groups excluding carboxylic acids is 3. The molecule has 6 heteroatoms. The number of Topliss-reactive ketones (excluding diaryl/α,β-unsaturated/α-hetero) is 1. The maximum absolute atomic E-state index is 13.4. The summed E-state index contributed by atoms with van der Waals surface area (Å²) in [5.74, 6) is -0.343. The minimum Gasteiger partial charge on any atom is -0.464 e. The Balaban J connectivity index is 2.31. The summed E-state index contributed by atoms with van der Waals surface area (Å²) in [5.41, 5.74) is 1.99. The molecule has 1 atom stereocenters. The third-order valence-corrected chi connectivity index (χ3v) is 5.88. The lowest BCUT2D eigenvalue weighted by Gasteiger charge is -2.34. The summed E-state index contributed by atoms with van der Waals surface area (Å²) in [6.45, 7) is 9.68. The molecule has 1 amide bonds. The first-order valence-electron chi connectivity index (χ1n) is 10.3. The number of methoxy groups -OCH3 is 1. The van der Waals surface area contributed by atoms with Gasteiger partial charge < -0.3 is 14.6 Å². The molecule has 1 aromatic heterocycles.